The Bertz CT molecular complexity index is 482. The van der Waals surface area contributed by atoms with Crippen LogP contribution in [0, 0.1) is 0 Å². The van der Waals surface area contributed by atoms with Gasteiger partial charge in [-0.1, -0.05) is 30.3 Å². The molecule has 0 saturated carbocycles. The standard InChI is InChI=1S/C16H20N2O/c1-19-16-9-7-14(8-10-16)18-15(12-17)11-13-5-3-2-4-6-13/h2-10,15,18H,11-12,17H2,1H3. The molecule has 2 aromatic rings. The molecule has 3 nitrogen and oxygen atoms in total. The molecular weight excluding hydrogens is 236 g/mol. The molecule has 0 radical (unpaired) electrons. The van der Waals surface area contributed by atoms with Gasteiger partial charge in [0.15, 0.2) is 0 Å². The molecule has 100 valence electrons. The Kier molecular flexibility index (Phi) is 4.81. The summed E-state index contributed by atoms with van der Waals surface area (Å²) in [6, 6.07) is 18.5. The molecule has 0 aliphatic rings. The first-order valence-electron chi connectivity index (χ1n) is 6.46. The highest BCUT2D eigenvalue weighted by atomic mass is 16.5. The lowest BCUT2D eigenvalue weighted by molar-refractivity contribution is 0.415. The van der Waals surface area contributed by atoms with E-state index in [0.717, 1.165) is 17.9 Å². The van der Waals surface area contributed by atoms with E-state index in [-0.39, 0.29) is 6.04 Å². The van der Waals surface area contributed by atoms with E-state index >= 15 is 0 Å². The minimum Gasteiger partial charge on any atom is -0.497 e. The molecule has 0 aromatic heterocycles. The van der Waals surface area contributed by atoms with Crippen LogP contribution in [-0.4, -0.2) is 19.7 Å². The zero-order valence-electron chi connectivity index (χ0n) is 11.2. The minimum atomic E-state index is 0.232. The fraction of sp³-hybridized carbons (Fsp3) is 0.250. The van der Waals surface area contributed by atoms with Crippen LogP contribution in [-0.2, 0) is 6.42 Å². The van der Waals surface area contributed by atoms with Gasteiger partial charge in [-0.3, -0.25) is 0 Å². The van der Waals surface area contributed by atoms with Crippen molar-refractivity contribution in [3.05, 3.63) is 60.2 Å². The summed E-state index contributed by atoms with van der Waals surface area (Å²) < 4.78 is 5.14. The second kappa shape index (κ2) is 6.81. The highest BCUT2D eigenvalue weighted by molar-refractivity contribution is 5.47. The SMILES string of the molecule is COc1ccc(NC(CN)Cc2ccccc2)cc1. The van der Waals surface area contributed by atoms with Gasteiger partial charge in [-0.25, -0.2) is 0 Å². The highest BCUT2D eigenvalue weighted by Crippen LogP contribution is 2.16. The summed E-state index contributed by atoms with van der Waals surface area (Å²) in [6.07, 6.45) is 0.920. The van der Waals surface area contributed by atoms with Crippen LogP contribution in [0.1, 0.15) is 5.56 Å². The van der Waals surface area contributed by atoms with Crippen LogP contribution in [0.3, 0.4) is 0 Å². The maximum absolute atomic E-state index is 5.84. The summed E-state index contributed by atoms with van der Waals surface area (Å²) in [7, 11) is 1.67. The van der Waals surface area contributed by atoms with Crippen LogP contribution in [0.15, 0.2) is 54.6 Å². The highest BCUT2D eigenvalue weighted by Gasteiger charge is 2.07. The van der Waals surface area contributed by atoms with Crippen molar-refractivity contribution in [2.24, 2.45) is 5.73 Å². The van der Waals surface area contributed by atoms with Gasteiger partial charge in [-0.2, -0.15) is 0 Å². The predicted octanol–water partition coefficient (Wildman–Crippen LogP) is 2.68. The smallest absolute Gasteiger partial charge is 0.119 e. The fourth-order valence-corrected chi connectivity index (χ4v) is 2.01. The Morgan fingerprint density at radius 2 is 1.74 bits per heavy atom. The molecule has 3 heteroatoms. The second-order valence-corrected chi connectivity index (χ2v) is 4.50. The van der Waals surface area contributed by atoms with Crippen LogP contribution < -0.4 is 15.8 Å². The molecule has 0 aliphatic carbocycles. The third kappa shape index (κ3) is 4.00. The van der Waals surface area contributed by atoms with Gasteiger partial charge in [-0.05, 0) is 36.2 Å². The number of rotatable bonds is 6. The van der Waals surface area contributed by atoms with Crippen molar-refractivity contribution in [3.63, 3.8) is 0 Å². The number of benzene rings is 2. The number of methoxy groups -OCH3 is 1. The lowest BCUT2D eigenvalue weighted by Gasteiger charge is -2.18. The van der Waals surface area contributed by atoms with Crippen LogP contribution in [0.2, 0.25) is 0 Å². The van der Waals surface area contributed by atoms with Gasteiger partial charge in [0.1, 0.15) is 5.75 Å². The monoisotopic (exact) mass is 256 g/mol. The van der Waals surface area contributed by atoms with E-state index < -0.39 is 0 Å². The summed E-state index contributed by atoms with van der Waals surface area (Å²) >= 11 is 0. The molecule has 3 N–H and O–H groups in total. The molecule has 0 bridgehead atoms. The maximum Gasteiger partial charge on any atom is 0.119 e. The second-order valence-electron chi connectivity index (χ2n) is 4.50. The van der Waals surface area contributed by atoms with Crippen molar-refractivity contribution in [3.8, 4) is 5.75 Å². The van der Waals surface area contributed by atoms with Crippen LogP contribution >= 0.6 is 0 Å². The number of nitrogens with one attached hydrogen (secondary N) is 1. The molecule has 0 spiro atoms. The van der Waals surface area contributed by atoms with Crippen molar-refractivity contribution in [1.29, 1.82) is 0 Å². The summed E-state index contributed by atoms with van der Waals surface area (Å²) in [5, 5.41) is 3.45. The molecule has 2 aromatic carbocycles. The molecule has 0 heterocycles. The van der Waals surface area contributed by atoms with E-state index in [1.54, 1.807) is 7.11 Å². The Labute approximate surface area is 114 Å². The average molecular weight is 256 g/mol. The third-order valence-electron chi connectivity index (χ3n) is 3.07. The molecule has 0 aliphatic heterocycles. The number of hydrogen-bond donors (Lipinski definition) is 2. The van der Waals surface area contributed by atoms with E-state index in [2.05, 4.69) is 29.6 Å². The zero-order chi connectivity index (χ0) is 13.5. The molecule has 0 fully saturated rings. The number of hydrogen-bond acceptors (Lipinski definition) is 3. The lowest BCUT2D eigenvalue weighted by Crippen LogP contribution is -2.30. The van der Waals surface area contributed by atoms with Crippen LogP contribution in [0.4, 0.5) is 5.69 Å². The van der Waals surface area contributed by atoms with Crippen molar-refractivity contribution >= 4 is 5.69 Å². The third-order valence-corrected chi connectivity index (χ3v) is 3.07. The number of ether oxygens (including phenoxy) is 1. The van der Waals surface area contributed by atoms with E-state index in [1.807, 2.05) is 30.3 Å². The average Bonchev–Trinajstić information content (AvgIpc) is 2.48. The van der Waals surface area contributed by atoms with Gasteiger partial charge in [0, 0.05) is 18.3 Å². The van der Waals surface area contributed by atoms with Gasteiger partial charge in [0.05, 0.1) is 7.11 Å². The largest absolute Gasteiger partial charge is 0.497 e. The molecule has 0 amide bonds. The summed E-state index contributed by atoms with van der Waals surface area (Å²) in [6.45, 7) is 0.598. The van der Waals surface area contributed by atoms with Crippen molar-refractivity contribution in [2.45, 2.75) is 12.5 Å². The predicted molar refractivity (Wildman–Crippen MR) is 79.6 cm³/mol. The normalized spacial score (nSPS) is 11.9. The van der Waals surface area contributed by atoms with Gasteiger partial charge in [0.25, 0.3) is 0 Å². The van der Waals surface area contributed by atoms with Gasteiger partial charge in [-0.15, -0.1) is 0 Å². The van der Waals surface area contributed by atoms with E-state index in [9.17, 15) is 0 Å². The quantitative estimate of drug-likeness (QED) is 0.835. The Balaban J connectivity index is 1.98. The Morgan fingerprint density at radius 1 is 1.05 bits per heavy atom. The first-order chi connectivity index (χ1) is 9.31. The first-order valence-corrected chi connectivity index (χ1v) is 6.46. The first kappa shape index (κ1) is 13.4. The molecule has 19 heavy (non-hydrogen) atoms. The fourth-order valence-electron chi connectivity index (χ4n) is 2.01. The van der Waals surface area contributed by atoms with E-state index in [0.29, 0.717) is 6.54 Å². The molecular formula is C16H20N2O. The van der Waals surface area contributed by atoms with Gasteiger partial charge < -0.3 is 15.8 Å². The van der Waals surface area contributed by atoms with E-state index in [4.69, 9.17) is 10.5 Å². The van der Waals surface area contributed by atoms with E-state index in [1.165, 1.54) is 5.56 Å². The summed E-state index contributed by atoms with van der Waals surface area (Å²) in [4.78, 5) is 0. The summed E-state index contributed by atoms with van der Waals surface area (Å²) in [5.41, 5.74) is 8.19. The molecule has 1 unspecified atom stereocenters. The Morgan fingerprint density at radius 3 is 2.32 bits per heavy atom. The molecule has 0 saturated heterocycles. The van der Waals surface area contributed by atoms with Crippen molar-refractivity contribution in [1.82, 2.24) is 0 Å². The van der Waals surface area contributed by atoms with Crippen LogP contribution in [0.25, 0.3) is 0 Å². The molecule has 2 rings (SSSR count). The van der Waals surface area contributed by atoms with Crippen molar-refractivity contribution < 1.29 is 4.74 Å². The van der Waals surface area contributed by atoms with Gasteiger partial charge in [0.2, 0.25) is 0 Å². The number of anilines is 1. The zero-order valence-corrected chi connectivity index (χ0v) is 11.2. The minimum absolute atomic E-state index is 0.232. The topological polar surface area (TPSA) is 47.3 Å². The summed E-state index contributed by atoms with van der Waals surface area (Å²) in [5.74, 6) is 0.859. The van der Waals surface area contributed by atoms with Crippen LogP contribution in [0.5, 0.6) is 5.75 Å². The lowest BCUT2D eigenvalue weighted by atomic mass is 10.1. The molecule has 1 atom stereocenters. The maximum atomic E-state index is 5.84. The number of nitrogens with two attached hydrogens (primary N) is 1. The van der Waals surface area contributed by atoms with Gasteiger partial charge >= 0.3 is 0 Å². The Hall–Kier alpha value is -2.00. The van der Waals surface area contributed by atoms with Crippen molar-refractivity contribution in [2.75, 3.05) is 19.0 Å².